The highest BCUT2D eigenvalue weighted by molar-refractivity contribution is 5.97. The fourth-order valence-corrected chi connectivity index (χ4v) is 2.44. The number of pyridine rings is 1. The van der Waals surface area contributed by atoms with E-state index in [4.69, 9.17) is 4.74 Å². The number of rotatable bonds is 1. The first-order valence-electron chi connectivity index (χ1n) is 6.30. The Morgan fingerprint density at radius 2 is 2.20 bits per heavy atom. The highest BCUT2D eigenvalue weighted by Crippen LogP contribution is 2.33. The Labute approximate surface area is 114 Å². The van der Waals surface area contributed by atoms with Gasteiger partial charge in [0.05, 0.1) is 0 Å². The van der Waals surface area contributed by atoms with E-state index in [1.165, 1.54) is 0 Å². The molecule has 2 aromatic heterocycles. The largest absolute Gasteiger partial charge is 0.480 e. The van der Waals surface area contributed by atoms with Gasteiger partial charge in [-0.2, -0.15) is 0 Å². The van der Waals surface area contributed by atoms with Crippen molar-refractivity contribution in [2.45, 2.75) is 0 Å². The van der Waals surface area contributed by atoms with Crippen LogP contribution in [0.3, 0.4) is 0 Å². The number of hydrogen-bond acceptors (Lipinski definition) is 3. The molecule has 98 valence electrons. The van der Waals surface area contributed by atoms with Gasteiger partial charge < -0.3 is 15.0 Å². The second kappa shape index (κ2) is 4.09. The van der Waals surface area contributed by atoms with Crippen molar-refractivity contribution < 1.29 is 9.53 Å². The van der Waals surface area contributed by atoms with Crippen LogP contribution in [0.2, 0.25) is 0 Å². The fourth-order valence-electron chi connectivity index (χ4n) is 2.44. The lowest BCUT2D eigenvalue weighted by atomic mass is 10.0. The van der Waals surface area contributed by atoms with Crippen LogP contribution in [0.5, 0.6) is 5.75 Å². The van der Waals surface area contributed by atoms with Gasteiger partial charge in [0.25, 0.3) is 5.91 Å². The molecule has 0 aliphatic carbocycles. The molecule has 20 heavy (non-hydrogen) atoms. The number of aromatic nitrogens is 2. The number of benzene rings is 1. The molecule has 0 fully saturated rings. The van der Waals surface area contributed by atoms with Crippen LogP contribution in [0.1, 0.15) is 0 Å². The number of carbonyl (C=O) groups excluding carboxylic acids is 1. The molecule has 0 radical (unpaired) electrons. The van der Waals surface area contributed by atoms with Gasteiger partial charge in [-0.15, -0.1) is 0 Å². The first-order chi connectivity index (χ1) is 9.81. The van der Waals surface area contributed by atoms with E-state index in [0.29, 0.717) is 11.6 Å². The molecular formula is C15H11N3O2. The number of fused-ring (bicyclic) bond motifs is 2. The Kier molecular flexibility index (Phi) is 2.26. The van der Waals surface area contributed by atoms with E-state index in [-0.39, 0.29) is 12.5 Å². The van der Waals surface area contributed by atoms with Gasteiger partial charge in [-0.05, 0) is 23.8 Å². The predicted molar refractivity (Wildman–Crippen MR) is 75.7 cm³/mol. The SMILES string of the molecule is O=C1COc2cc(-c3cccc4[nH]ccc34)cnc2N1. The van der Waals surface area contributed by atoms with Crippen LogP contribution in [-0.4, -0.2) is 22.5 Å². The van der Waals surface area contributed by atoms with E-state index in [2.05, 4.69) is 15.3 Å². The summed E-state index contributed by atoms with van der Waals surface area (Å²) >= 11 is 0. The summed E-state index contributed by atoms with van der Waals surface area (Å²) in [7, 11) is 0. The summed E-state index contributed by atoms with van der Waals surface area (Å²) < 4.78 is 5.41. The minimum Gasteiger partial charge on any atom is -0.480 e. The summed E-state index contributed by atoms with van der Waals surface area (Å²) in [5.74, 6) is 0.909. The van der Waals surface area contributed by atoms with E-state index >= 15 is 0 Å². The lowest BCUT2D eigenvalue weighted by Gasteiger charge is -2.17. The van der Waals surface area contributed by atoms with Gasteiger partial charge in [0.1, 0.15) is 0 Å². The monoisotopic (exact) mass is 265 g/mol. The quantitative estimate of drug-likeness (QED) is 0.710. The van der Waals surface area contributed by atoms with Crippen molar-refractivity contribution in [3.8, 4) is 16.9 Å². The van der Waals surface area contributed by atoms with Crippen LogP contribution in [0, 0.1) is 0 Å². The topological polar surface area (TPSA) is 67.0 Å². The van der Waals surface area contributed by atoms with E-state index in [0.717, 1.165) is 22.0 Å². The minimum atomic E-state index is -0.175. The Balaban J connectivity index is 1.87. The van der Waals surface area contributed by atoms with Gasteiger partial charge in [0.2, 0.25) is 0 Å². The maximum absolute atomic E-state index is 11.2. The van der Waals surface area contributed by atoms with E-state index in [1.807, 2.05) is 36.5 Å². The molecule has 3 heterocycles. The number of H-pyrrole nitrogens is 1. The molecule has 3 aromatic rings. The van der Waals surface area contributed by atoms with Gasteiger partial charge in [0.15, 0.2) is 18.2 Å². The summed E-state index contributed by atoms with van der Waals surface area (Å²) in [6.45, 7) is 0.0342. The first kappa shape index (κ1) is 11.0. The summed E-state index contributed by atoms with van der Waals surface area (Å²) in [5.41, 5.74) is 3.12. The number of aromatic amines is 1. The average Bonchev–Trinajstić information content (AvgIpc) is 2.95. The number of hydrogen-bond donors (Lipinski definition) is 2. The molecule has 0 unspecified atom stereocenters. The number of amides is 1. The lowest BCUT2D eigenvalue weighted by Crippen LogP contribution is -2.26. The molecule has 4 rings (SSSR count). The van der Waals surface area contributed by atoms with E-state index in [1.54, 1.807) is 6.20 Å². The molecule has 0 spiro atoms. The van der Waals surface area contributed by atoms with Crippen molar-refractivity contribution in [1.82, 2.24) is 9.97 Å². The lowest BCUT2D eigenvalue weighted by molar-refractivity contribution is -0.118. The summed E-state index contributed by atoms with van der Waals surface area (Å²) in [6, 6.07) is 10.0. The molecule has 1 amide bonds. The van der Waals surface area contributed by atoms with Gasteiger partial charge in [-0.3, -0.25) is 4.79 Å². The minimum absolute atomic E-state index is 0.0342. The molecule has 5 nitrogen and oxygen atoms in total. The zero-order chi connectivity index (χ0) is 13.5. The molecule has 1 aliphatic heterocycles. The Hall–Kier alpha value is -2.82. The highest BCUT2D eigenvalue weighted by atomic mass is 16.5. The molecule has 1 aliphatic rings. The summed E-state index contributed by atoms with van der Waals surface area (Å²) in [4.78, 5) is 18.7. The van der Waals surface area contributed by atoms with E-state index < -0.39 is 0 Å². The summed E-state index contributed by atoms with van der Waals surface area (Å²) in [5, 5.41) is 3.82. The molecule has 0 saturated carbocycles. The van der Waals surface area contributed by atoms with Crippen molar-refractivity contribution in [3.63, 3.8) is 0 Å². The standard InChI is InChI=1S/C15H11N3O2/c19-14-8-20-13-6-9(7-17-15(13)18-14)10-2-1-3-12-11(10)4-5-16-12/h1-7,16H,8H2,(H,17,18,19). The number of anilines is 1. The van der Waals surface area contributed by atoms with Crippen LogP contribution in [0.4, 0.5) is 5.82 Å². The van der Waals surface area contributed by atoms with Crippen LogP contribution in [0.15, 0.2) is 42.7 Å². The third-order valence-corrected chi connectivity index (χ3v) is 3.38. The third kappa shape index (κ3) is 1.64. The summed E-state index contributed by atoms with van der Waals surface area (Å²) in [6.07, 6.45) is 3.66. The molecule has 2 N–H and O–H groups in total. The van der Waals surface area contributed by atoms with Crippen LogP contribution < -0.4 is 10.1 Å². The Morgan fingerprint density at radius 3 is 3.15 bits per heavy atom. The molecule has 1 aromatic carbocycles. The maximum atomic E-state index is 11.2. The van der Waals surface area contributed by atoms with Gasteiger partial charge >= 0.3 is 0 Å². The Bertz CT molecular complexity index is 823. The fraction of sp³-hybridized carbons (Fsp3) is 0.0667. The van der Waals surface area contributed by atoms with Gasteiger partial charge in [0, 0.05) is 28.9 Å². The van der Waals surface area contributed by atoms with Crippen molar-refractivity contribution in [2.24, 2.45) is 0 Å². The first-order valence-corrected chi connectivity index (χ1v) is 6.30. The molecule has 0 saturated heterocycles. The van der Waals surface area contributed by atoms with Crippen molar-refractivity contribution in [3.05, 3.63) is 42.7 Å². The normalized spacial score (nSPS) is 13.7. The van der Waals surface area contributed by atoms with Crippen molar-refractivity contribution in [2.75, 3.05) is 11.9 Å². The number of carbonyl (C=O) groups is 1. The van der Waals surface area contributed by atoms with Crippen molar-refractivity contribution >= 4 is 22.6 Å². The zero-order valence-corrected chi connectivity index (χ0v) is 10.5. The maximum Gasteiger partial charge on any atom is 0.263 e. The number of nitrogens with one attached hydrogen (secondary N) is 2. The predicted octanol–water partition coefficient (Wildman–Crippen LogP) is 2.56. The smallest absolute Gasteiger partial charge is 0.263 e. The molecule has 5 heteroatoms. The number of ether oxygens (including phenoxy) is 1. The van der Waals surface area contributed by atoms with E-state index in [9.17, 15) is 4.79 Å². The Morgan fingerprint density at radius 1 is 1.25 bits per heavy atom. The third-order valence-electron chi connectivity index (χ3n) is 3.38. The van der Waals surface area contributed by atoms with Crippen LogP contribution >= 0.6 is 0 Å². The average molecular weight is 265 g/mol. The van der Waals surface area contributed by atoms with Crippen molar-refractivity contribution in [1.29, 1.82) is 0 Å². The molecule has 0 bridgehead atoms. The second-order valence-corrected chi connectivity index (χ2v) is 4.65. The number of nitrogens with zero attached hydrogens (tertiary/aromatic N) is 1. The van der Waals surface area contributed by atoms with Crippen LogP contribution in [0.25, 0.3) is 22.0 Å². The highest BCUT2D eigenvalue weighted by Gasteiger charge is 2.18. The molecular weight excluding hydrogens is 254 g/mol. The van der Waals surface area contributed by atoms with Gasteiger partial charge in [-0.25, -0.2) is 4.98 Å². The zero-order valence-electron chi connectivity index (χ0n) is 10.5. The second-order valence-electron chi connectivity index (χ2n) is 4.65. The molecule has 0 atom stereocenters. The van der Waals surface area contributed by atoms with Crippen LogP contribution in [-0.2, 0) is 4.79 Å². The van der Waals surface area contributed by atoms with Gasteiger partial charge in [-0.1, -0.05) is 12.1 Å².